The molecule has 0 aliphatic heterocycles. The number of carbonyl (C=O) groups is 1. The van der Waals surface area contributed by atoms with Crippen LogP contribution in [0.3, 0.4) is 0 Å². The number of carbonyl (C=O) groups excluding carboxylic acids is 1. The molecule has 43 heavy (non-hydrogen) atoms. The molecule has 5 aromatic heterocycles. The van der Waals surface area contributed by atoms with Crippen LogP contribution in [0, 0.1) is 32.6 Å². The van der Waals surface area contributed by atoms with Gasteiger partial charge in [0.05, 0.1) is 17.4 Å². The van der Waals surface area contributed by atoms with Gasteiger partial charge in [-0.05, 0) is 106 Å². The third-order valence-electron chi connectivity index (χ3n) is 7.47. The van der Waals surface area contributed by atoms with Gasteiger partial charge in [-0.15, -0.1) is 0 Å². The van der Waals surface area contributed by atoms with Gasteiger partial charge in [0.15, 0.2) is 0 Å². The fourth-order valence-corrected chi connectivity index (χ4v) is 5.02. The maximum Gasteiger partial charge on any atom is 0.242 e. The first kappa shape index (κ1) is 27.8. The minimum absolute atomic E-state index is 0.182. The van der Waals surface area contributed by atoms with E-state index in [0.29, 0.717) is 11.5 Å². The lowest BCUT2D eigenvalue weighted by molar-refractivity contribution is -0.117. The SMILES string of the molecule is CNC(C)C(=O)Nc1ccc(-c2c(-c3ccnc(C)c3)nc3cc(C)ccn23)c(C#Cc2ccc3c(C)nccc3c2)n1. The Labute approximate surface area is 250 Å². The number of nitrogens with zero attached hydrogens (tertiary/aromatic N) is 5. The lowest BCUT2D eigenvalue weighted by Crippen LogP contribution is -2.35. The van der Waals surface area contributed by atoms with Gasteiger partial charge in [-0.2, -0.15) is 0 Å². The van der Waals surface area contributed by atoms with Crippen LogP contribution in [0.25, 0.3) is 38.9 Å². The van der Waals surface area contributed by atoms with Crippen molar-refractivity contribution < 1.29 is 4.79 Å². The van der Waals surface area contributed by atoms with Crippen LogP contribution in [0.2, 0.25) is 0 Å². The number of rotatable bonds is 5. The third kappa shape index (κ3) is 5.59. The summed E-state index contributed by atoms with van der Waals surface area (Å²) in [5.74, 6) is 6.88. The summed E-state index contributed by atoms with van der Waals surface area (Å²) in [5, 5.41) is 8.04. The number of hydrogen-bond acceptors (Lipinski definition) is 6. The highest BCUT2D eigenvalue weighted by Gasteiger charge is 2.20. The van der Waals surface area contributed by atoms with Crippen LogP contribution in [-0.2, 0) is 4.79 Å². The number of imidazole rings is 1. The van der Waals surface area contributed by atoms with E-state index in [-0.39, 0.29) is 11.9 Å². The van der Waals surface area contributed by atoms with Crippen LogP contribution in [0.5, 0.6) is 0 Å². The Hall–Kier alpha value is -5.39. The predicted molar refractivity (Wildman–Crippen MR) is 171 cm³/mol. The first-order valence-corrected chi connectivity index (χ1v) is 14.1. The van der Waals surface area contributed by atoms with Crippen molar-refractivity contribution in [2.75, 3.05) is 12.4 Å². The summed E-state index contributed by atoms with van der Waals surface area (Å²) in [5.41, 5.74) is 8.58. The van der Waals surface area contributed by atoms with Crippen LogP contribution in [0.15, 0.2) is 79.3 Å². The van der Waals surface area contributed by atoms with Crippen LogP contribution in [0.4, 0.5) is 5.82 Å². The molecule has 1 unspecified atom stereocenters. The monoisotopic (exact) mass is 565 g/mol. The summed E-state index contributed by atoms with van der Waals surface area (Å²) >= 11 is 0. The molecule has 6 aromatic rings. The quantitative estimate of drug-likeness (QED) is 0.254. The lowest BCUT2D eigenvalue weighted by atomic mass is 10.0. The van der Waals surface area contributed by atoms with E-state index in [4.69, 9.17) is 9.97 Å². The molecule has 1 amide bonds. The fraction of sp³-hybridized carbons (Fsp3) is 0.171. The van der Waals surface area contributed by atoms with E-state index in [9.17, 15) is 4.79 Å². The molecule has 1 aromatic carbocycles. The van der Waals surface area contributed by atoms with Crippen molar-refractivity contribution in [1.82, 2.24) is 29.7 Å². The van der Waals surface area contributed by atoms with E-state index in [1.54, 1.807) is 20.2 Å². The molecule has 8 heteroatoms. The smallest absolute Gasteiger partial charge is 0.242 e. The highest BCUT2D eigenvalue weighted by Crippen LogP contribution is 2.35. The topological polar surface area (TPSA) is 97.1 Å². The average Bonchev–Trinajstić information content (AvgIpc) is 3.38. The summed E-state index contributed by atoms with van der Waals surface area (Å²) in [6, 6.07) is 19.6. The Bertz CT molecular complexity index is 2080. The molecule has 6 rings (SSSR count). The molecule has 5 heterocycles. The highest BCUT2D eigenvalue weighted by atomic mass is 16.2. The zero-order valence-corrected chi connectivity index (χ0v) is 24.7. The number of amides is 1. The summed E-state index contributed by atoms with van der Waals surface area (Å²) in [6.07, 6.45) is 5.62. The second-order valence-electron chi connectivity index (χ2n) is 10.6. The van der Waals surface area contributed by atoms with E-state index in [0.717, 1.165) is 61.4 Å². The van der Waals surface area contributed by atoms with Gasteiger partial charge in [0.2, 0.25) is 5.91 Å². The van der Waals surface area contributed by atoms with Crippen molar-refractivity contribution in [3.8, 4) is 34.4 Å². The second-order valence-corrected chi connectivity index (χ2v) is 10.6. The number of pyridine rings is 4. The number of aromatic nitrogens is 5. The van der Waals surface area contributed by atoms with Crippen molar-refractivity contribution in [2.45, 2.75) is 33.7 Å². The first-order valence-electron chi connectivity index (χ1n) is 14.1. The molecule has 8 nitrogen and oxygen atoms in total. The largest absolute Gasteiger partial charge is 0.309 e. The van der Waals surface area contributed by atoms with Gasteiger partial charge in [-0.25, -0.2) is 9.97 Å². The van der Waals surface area contributed by atoms with Crippen molar-refractivity contribution in [3.05, 3.63) is 107 Å². The molecule has 0 fully saturated rings. The number of benzene rings is 1. The number of anilines is 1. The molecule has 2 N–H and O–H groups in total. The van der Waals surface area contributed by atoms with Gasteiger partial charge in [-0.3, -0.25) is 19.2 Å². The Morgan fingerprint density at radius 2 is 1.74 bits per heavy atom. The van der Waals surface area contributed by atoms with Gasteiger partial charge >= 0.3 is 0 Å². The molecule has 0 saturated heterocycles. The van der Waals surface area contributed by atoms with Crippen LogP contribution < -0.4 is 10.6 Å². The normalized spacial score (nSPS) is 11.7. The molecular weight excluding hydrogens is 534 g/mol. The van der Waals surface area contributed by atoms with Gasteiger partial charge in [0.25, 0.3) is 0 Å². The molecule has 0 spiro atoms. The standard InChI is InChI=1S/C35H31N7O/c1-21-14-17-42-32(18-21)41-33(27-13-15-37-22(2)19-27)34(42)29-9-11-31(40-35(43)24(4)36-5)39-30(29)10-7-25-6-8-28-23(3)38-16-12-26(28)20-25/h6,8-9,11-20,24,36H,1-5H3,(H,39,40,43). The van der Waals surface area contributed by atoms with Gasteiger partial charge in [0.1, 0.15) is 17.2 Å². The number of hydrogen-bond donors (Lipinski definition) is 2. The Morgan fingerprint density at radius 1 is 0.907 bits per heavy atom. The van der Waals surface area contributed by atoms with Crippen molar-refractivity contribution in [1.29, 1.82) is 0 Å². The molecule has 212 valence electrons. The van der Waals surface area contributed by atoms with Gasteiger partial charge < -0.3 is 10.6 Å². The summed E-state index contributed by atoms with van der Waals surface area (Å²) in [7, 11) is 1.74. The van der Waals surface area contributed by atoms with Crippen LogP contribution in [0.1, 0.15) is 35.1 Å². The second kappa shape index (κ2) is 11.5. The maximum absolute atomic E-state index is 12.7. The minimum atomic E-state index is -0.380. The Kier molecular flexibility index (Phi) is 7.41. The molecule has 1 atom stereocenters. The average molecular weight is 566 g/mol. The van der Waals surface area contributed by atoms with E-state index >= 15 is 0 Å². The summed E-state index contributed by atoms with van der Waals surface area (Å²) in [6.45, 7) is 7.81. The Morgan fingerprint density at radius 3 is 2.56 bits per heavy atom. The molecule has 0 aliphatic rings. The molecule has 0 aliphatic carbocycles. The Balaban J connectivity index is 1.55. The summed E-state index contributed by atoms with van der Waals surface area (Å²) < 4.78 is 2.06. The fourth-order valence-electron chi connectivity index (χ4n) is 5.02. The molecule has 0 bridgehead atoms. The van der Waals surface area contributed by atoms with Gasteiger partial charge in [0, 0.05) is 52.1 Å². The zero-order valence-electron chi connectivity index (χ0n) is 24.7. The van der Waals surface area contributed by atoms with E-state index in [1.807, 2.05) is 75.6 Å². The van der Waals surface area contributed by atoms with E-state index < -0.39 is 0 Å². The molecule has 0 radical (unpaired) electrons. The molecule has 0 saturated carbocycles. The van der Waals surface area contributed by atoms with Crippen molar-refractivity contribution in [3.63, 3.8) is 0 Å². The zero-order chi connectivity index (χ0) is 30.1. The number of nitrogens with one attached hydrogen (secondary N) is 2. The molecular formula is C35H31N7O. The number of fused-ring (bicyclic) bond motifs is 2. The lowest BCUT2D eigenvalue weighted by Gasteiger charge is -2.13. The third-order valence-corrected chi connectivity index (χ3v) is 7.47. The van der Waals surface area contributed by atoms with E-state index in [2.05, 4.69) is 55.0 Å². The van der Waals surface area contributed by atoms with Gasteiger partial charge in [-0.1, -0.05) is 12.0 Å². The van der Waals surface area contributed by atoms with E-state index in [1.165, 1.54) is 0 Å². The summed E-state index contributed by atoms with van der Waals surface area (Å²) in [4.78, 5) is 31.4. The van der Waals surface area contributed by atoms with Crippen molar-refractivity contribution >= 4 is 28.1 Å². The number of likely N-dealkylation sites (N-methyl/N-ethyl adjacent to an activating group) is 1. The van der Waals surface area contributed by atoms with Crippen LogP contribution in [-0.4, -0.2) is 43.3 Å². The highest BCUT2D eigenvalue weighted by molar-refractivity contribution is 5.94. The first-order chi connectivity index (χ1) is 20.8. The minimum Gasteiger partial charge on any atom is -0.309 e. The number of aryl methyl sites for hydroxylation is 3. The maximum atomic E-state index is 12.7. The van der Waals surface area contributed by atoms with Crippen LogP contribution >= 0.6 is 0 Å². The van der Waals surface area contributed by atoms with Crippen molar-refractivity contribution in [2.24, 2.45) is 0 Å². The predicted octanol–water partition coefficient (Wildman–Crippen LogP) is 5.88.